The van der Waals surface area contributed by atoms with Crippen molar-refractivity contribution in [2.24, 2.45) is 5.92 Å². The summed E-state index contributed by atoms with van der Waals surface area (Å²) in [7, 11) is 0. The molecular formula is C9H17F2NO3. The van der Waals surface area contributed by atoms with E-state index in [9.17, 15) is 13.6 Å². The quantitative estimate of drug-likeness (QED) is 0.742. The summed E-state index contributed by atoms with van der Waals surface area (Å²) in [6, 6.07) is 0. The number of carbonyl (C=O) groups excluding carboxylic acids is 1. The van der Waals surface area contributed by atoms with Gasteiger partial charge < -0.3 is 14.7 Å². The summed E-state index contributed by atoms with van der Waals surface area (Å²) < 4.78 is 28.8. The minimum atomic E-state index is -2.62. The minimum Gasteiger partial charge on any atom is -0.449 e. The molecular weight excluding hydrogens is 208 g/mol. The maximum Gasteiger partial charge on any atom is 0.410 e. The number of nitrogens with zero attached hydrogens (tertiary/aromatic N) is 1. The molecule has 0 aliphatic rings. The maximum atomic E-state index is 12.0. The zero-order chi connectivity index (χ0) is 11.8. The van der Waals surface area contributed by atoms with Crippen LogP contribution in [0.3, 0.4) is 0 Å². The summed E-state index contributed by atoms with van der Waals surface area (Å²) in [6.07, 6.45) is -3.43. The lowest BCUT2D eigenvalue weighted by Crippen LogP contribution is -2.38. The van der Waals surface area contributed by atoms with Gasteiger partial charge in [-0.3, -0.25) is 0 Å². The SMILES string of the molecule is CC(C)COC(=O)N(CCO)CC(F)F. The molecule has 0 aliphatic carbocycles. The van der Waals surface area contributed by atoms with Crippen molar-refractivity contribution in [2.45, 2.75) is 20.3 Å². The molecule has 6 heteroatoms. The average molecular weight is 225 g/mol. The molecule has 0 saturated carbocycles. The van der Waals surface area contributed by atoms with E-state index in [1.807, 2.05) is 13.8 Å². The number of hydrogen-bond acceptors (Lipinski definition) is 3. The first-order valence-corrected chi connectivity index (χ1v) is 4.78. The lowest BCUT2D eigenvalue weighted by Gasteiger charge is -2.21. The van der Waals surface area contributed by atoms with E-state index in [4.69, 9.17) is 9.84 Å². The highest BCUT2D eigenvalue weighted by Gasteiger charge is 2.19. The molecule has 90 valence electrons. The highest BCUT2D eigenvalue weighted by molar-refractivity contribution is 5.67. The highest BCUT2D eigenvalue weighted by atomic mass is 19.3. The molecule has 0 atom stereocenters. The second-order valence-corrected chi connectivity index (χ2v) is 3.53. The van der Waals surface area contributed by atoms with Gasteiger partial charge in [0, 0.05) is 6.54 Å². The van der Waals surface area contributed by atoms with E-state index in [2.05, 4.69) is 0 Å². The van der Waals surface area contributed by atoms with Crippen LogP contribution in [0, 0.1) is 5.92 Å². The molecule has 0 aromatic carbocycles. The summed E-state index contributed by atoms with van der Waals surface area (Å²) in [5, 5.41) is 8.58. The second-order valence-electron chi connectivity index (χ2n) is 3.53. The molecule has 0 saturated heterocycles. The molecule has 4 nitrogen and oxygen atoms in total. The van der Waals surface area contributed by atoms with Crippen molar-refractivity contribution in [1.82, 2.24) is 4.90 Å². The van der Waals surface area contributed by atoms with Gasteiger partial charge >= 0.3 is 6.09 Å². The van der Waals surface area contributed by atoms with Crippen molar-refractivity contribution in [3.63, 3.8) is 0 Å². The van der Waals surface area contributed by atoms with E-state index in [0.29, 0.717) is 0 Å². The fourth-order valence-corrected chi connectivity index (χ4v) is 0.874. The average Bonchev–Trinajstić information content (AvgIpc) is 2.12. The monoisotopic (exact) mass is 225 g/mol. The van der Waals surface area contributed by atoms with Crippen LogP contribution in [-0.2, 0) is 4.74 Å². The van der Waals surface area contributed by atoms with Gasteiger partial charge in [-0.2, -0.15) is 0 Å². The number of rotatable bonds is 6. The van der Waals surface area contributed by atoms with Crippen LogP contribution < -0.4 is 0 Å². The Bertz CT molecular complexity index is 188. The third kappa shape index (κ3) is 7.07. The Hall–Kier alpha value is -0.910. The van der Waals surface area contributed by atoms with E-state index in [1.54, 1.807) is 0 Å². The smallest absolute Gasteiger partial charge is 0.410 e. The third-order valence-corrected chi connectivity index (χ3v) is 1.53. The minimum absolute atomic E-state index is 0.138. The topological polar surface area (TPSA) is 49.8 Å². The van der Waals surface area contributed by atoms with Crippen molar-refractivity contribution in [2.75, 3.05) is 26.3 Å². The second kappa shape index (κ2) is 7.39. The lowest BCUT2D eigenvalue weighted by molar-refractivity contribution is 0.0496. The molecule has 1 amide bonds. The summed E-state index contributed by atoms with van der Waals surface area (Å²) >= 11 is 0. The fourth-order valence-electron chi connectivity index (χ4n) is 0.874. The van der Waals surface area contributed by atoms with Crippen molar-refractivity contribution in [1.29, 1.82) is 0 Å². The van der Waals surface area contributed by atoms with Gasteiger partial charge in [0.2, 0.25) is 0 Å². The van der Waals surface area contributed by atoms with Gasteiger partial charge in [-0.25, -0.2) is 13.6 Å². The van der Waals surface area contributed by atoms with Gasteiger partial charge in [-0.05, 0) is 5.92 Å². The molecule has 0 spiro atoms. The van der Waals surface area contributed by atoms with Gasteiger partial charge in [0.05, 0.1) is 19.8 Å². The third-order valence-electron chi connectivity index (χ3n) is 1.53. The van der Waals surface area contributed by atoms with Crippen LogP contribution in [0.15, 0.2) is 0 Å². The van der Waals surface area contributed by atoms with Crippen molar-refractivity contribution < 1.29 is 23.4 Å². The Labute approximate surface area is 87.8 Å². The number of aliphatic hydroxyl groups is 1. The van der Waals surface area contributed by atoms with Crippen LogP contribution in [-0.4, -0.2) is 48.8 Å². The zero-order valence-corrected chi connectivity index (χ0v) is 8.95. The van der Waals surface area contributed by atoms with Gasteiger partial charge in [0.25, 0.3) is 6.43 Å². The van der Waals surface area contributed by atoms with Gasteiger partial charge in [-0.15, -0.1) is 0 Å². The molecule has 0 aliphatic heterocycles. The molecule has 1 N–H and O–H groups in total. The number of aliphatic hydroxyl groups excluding tert-OH is 1. The highest BCUT2D eigenvalue weighted by Crippen LogP contribution is 2.02. The van der Waals surface area contributed by atoms with Crippen molar-refractivity contribution in [3.8, 4) is 0 Å². The number of alkyl halides is 2. The van der Waals surface area contributed by atoms with Crippen LogP contribution >= 0.6 is 0 Å². The van der Waals surface area contributed by atoms with Crippen LogP contribution in [0.5, 0.6) is 0 Å². The summed E-state index contributed by atoms with van der Waals surface area (Å²) in [4.78, 5) is 12.0. The lowest BCUT2D eigenvalue weighted by atomic mass is 10.2. The largest absolute Gasteiger partial charge is 0.449 e. The van der Waals surface area contributed by atoms with Gasteiger partial charge in [0.15, 0.2) is 0 Å². The normalized spacial score (nSPS) is 10.9. The van der Waals surface area contributed by atoms with Crippen LogP contribution in [0.25, 0.3) is 0 Å². The summed E-state index contributed by atoms with van der Waals surface area (Å²) in [6.45, 7) is 2.67. The standard InChI is InChI=1S/C9H17F2NO3/c1-7(2)6-15-9(14)12(3-4-13)5-8(10)11/h7-8,13H,3-6H2,1-2H3. The van der Waals surface area contributed by atoms with E-state index >= 15 is 0 Å². The van der Waals surface area contributed by atoms with E-state index in [-0.39, 0.29) is 25.7 Å². The molecule has 0 bridgehead atoms. The summed E-state index contributed by atoms with van der Waals surface area (Å²) in [5.41, 5.74) is 0. The maximum absolute atomic E-state index is 12.0. The first-order chi connectivity index (χ1) is 6.97. The van der Waals surface area contributed by atoms with E-state index in [0.717, 1.165) is 4.90 Å². The first kappa shape index (κ1) is 14.1. The van der Waals surface area contributed by atoms with E-state index < -0.39 is 19.1 Å². The molecule has 0 rings (SSSR count). The number of amides is 1. The molecule has 0 fully saturated rings. The predicted octanol–water partition coefficient (Wildman–Crippen LogP) is 1.34. The first-order valence-electron chi connectivity index (χ1n) is 4.78. The van der Waals surface area contributed by atoms with Crippen molar-refractivity contribution >= 4 is 6.09 Å². The Morgan fingerprint density at radius 2 is 2.07 bits per heavy atom. The molecule has 0 aromatic heterocycles. The zero-order valence-electron chi connectivity index (χ0n) is 8.95. The Balaban J connectivity index is 4.04. The van der Waals surface area contributed by atoms with Crippen LogP contribution in [0.2, 0.25) is 0 Å². The molecule has 0 heterocycles. The van der Waals surface area contributed by atoms with Crippen LogP contribution in [0.1, 0.15) is 13.8 Å². The van der Waals surface area contributed by atoms with Crippen LogP contribution in [0.4, 0.5) is 13.6 Å². The summed E-state index contributed by atoms with van der Waals surface area (Å²) in [5.74, 6) is 0.150. The molecule has 0 radical (unpaired) electrons. The van der Waals surface area contributed by atoms with Crippen molar-refractivity contribution in [3.05, 3.63) is 0 Å². The Morgan fingerprint density at radius 3 is 2.47 bits per heavy atom. The predicted molar refractivity (Wildman–Crippen MR) is 50.8 cm³/mol. The molecule has 0 unspecified atom stereocenters. The van der Waals surface area contributed by atoms with Gasteiger partial charge in [-0.1, -0.05) is 13.8 Å². The number of carbonyl (C=O) groups is 1. The number of halogens is 2. The van der Waals surface area contributed by atoms with Gasteiger partial charge in [0.1, 0.15) is 0 Å². The Morgan fingerprint density at radius 1 is 1.47 bits per heavy atom. The number of ether oxygens (including phenoxy) is 1. The van der Waals surface area contributed by atoms with E-state index in [1.165, 1.54) is 0 Å². The molecule has 0 aromatic rings. The molecule has 15 heavy (non-hydrogen) atoms. The fraction of sp³-hybridized carbons (Fsp3) is 0.889. The number of hydrogen-bond donors (Lipinski definition) is 1. The Kier molecular flexibility index (Phi) is 6.94.